The number of benzene rings is 2. The van der Waals surface area contributed by atoms with Crippen molar-refractivity contribution in [3.05, 3.63) is 70.6 Å². The molecule has 39 heavy (non-hydrogen) atoms. The van der Waals surface area contributed by atoms with Gasteiger partial charge in [0.1, 0.15) is 12.4 Å². The van der Waals surface area contributed by atoms with E-state index in [0.717, 1.165) is 32.2 Å². The summed E-state index contributed by atoms with van der Waals surface area (Å²) in [6.07, 6.45) is -0.185. The van der Waals surface area contributed by atoms with Crippen LogP contribution in [0.2, 0.25) is 0 Å². The molecule has 1 aliphatic heterocycles. The van der Waals surface area contributed by atoms with Gasteiger partial charge in [-0.25, -0.2) is 13.2 Å². The molecule has 0 aliphatic carbocycles. The summed E-state index contributed by atoms with van der Waals surface area (Å²) in [7, 11) is -3.52. The van der Waals surface area contributed by atoms with Gasteiger partial charge in [0, 0.05) is 35.9 Å². The lowest BCUT2D eigenvalue weighted by Gasteiger charge is -2.26. The molecule has 10 heteroatoms. The molecule has 4 rings (SSSR count). The van der Waals surface area contributed by atoms with Gasteiger partial charge >= 0.3 is 5.97 Å². The van der Waals surface area contributed by atoms with Crippen LogP contribution >= 0.6 is 11.3 Å². The highest BCUT2D eigenvalue weighted by Gasteiger charge is 2.26. The van der Waals surface area contributed by atoms with E-state index in [1.165, 1.54) is 4.31 Å². The largest absolute Gasteiger partial charge is 0.488 e. The lowest BCUT2D eigenvalue weighted by Crippen LogP contribution is -2.40. The highest BCUT2D eigenvalue weighted by Crippen LogP contribution is 2.33. The number of esters is 1. The lowest BCUT2D eigenvalue weighted by atomic mass is 10.1. The number of ether oxygens (including phenoxy) is 4. The summed E-state index contributed by atoms with van der Waals surface area (Å²) in [6.45, 7) is 8.45. The second-order valence-electron chi connectivity index (χ2n) is 9.09. The Hall–Kier alpha value is -2.76. The van der Waals surface area contributed by atoms with Crippen molar-refractivity contribution in [2.24, 2.45) is 0 Å². The van der Waals surface area contributed by atoms with Crippen molar-refractivity contribution in [3.8, 4) is 16.2 Å². The van der Waals surface area contributed by atoms with Crippen LogP contribution in [0.5, 0.6) is 5.75 Å². The van der Waals surface area contributed by atoms with Crippen LogP contribution in [-0.2, 0) is 42.1 Å². The van der Waals surface area contributed by atoms with Gasteiger partial charge in [-0.2, -0.15) is 4.31 Å². The molecule has 210 valence electrons. The summed E-state index contributed by atoms with van der Waals surface area (Å²) in [5.74, 6) is 0.381. The highest BCUT2D eigenvalue weighted by atomic mass is 32.2. The van der Waals surface area contributed by atoms with Crippen LogP contribution in [-0.4, -0.2) is 64.3 Å². The molecule has 0 unspecified atom stereocenters. The summed E-state index contributed by atoms with van der Waals surface area (Å²) in [5, 5.41) is 0. The van der Waals surface area contributed by atoms with Crippen molar-refractivity contribution in [1.82, 2.24) is 4.31 Å². The monoisotopic (exact) mass is 573 g/mol. The van der Waals surface area contributed by atoms with Gasteiger partial charge in [-0.1, -0.05) is 24.3 Å². The topological polar surface area (TPSA) is 91.4 Å². The molecule has 2 aromatic carbocycles. The minimum atomic E-state index is -3.52. The third-order valence-corrected chi connectivity index (χ3v) is 9.57. The van der Waals surface area contributed by atoms with E-state index in [2.05, 4.69) is 6.07 Å². The Balaban J connectivity index is 1.37. The number of morpholine rings is 1. The van der Waals surface area contributed by atoms with Crippen LogP contribution in [0.25, 0.3) is 10.4 Å². The predicted octanol–water partition coefficient (Wildman–Crippen LogP) is 4.83. The number of nitrogens with zero attached hydrogens (tertiary/aromatic N) is 1. The number of carbonyl (C=O) groups is 1. The molecule has 8 nitrogen and oxygen atoms in total. The fourth-order valence-electron chi connectivity index (χ4n) is 4.26. The summed E-state index contributed by atoms with van der Waals surface area (Å²) in [5.41, 5.74) is 3.04. The van der Waals surface area contributed by atoms with Crippen LogP contribution in [0.1, 0.15) is 29.9 Å². The van der Waals surface area contributed by atoms with Crippen LogP contribution in [0, 0.1) is 6.92 Å². The fourth-order valence-corrected chi connectivity index (χ4v) is 6.76. The molecule has 2 heterocycles. The van der Waals surface area contributed by atoms with Gasteiger partial charge in [-0.15, -0.1) is 11.3 Å². The molecular formula is C29H35NO7S2. The van der Waals surface area contributed by atoms with Gasteiger partial charge in [0.05, 0.1) is 24.7 Å². The Kier molecular flexibility index (Phi) is 10.1. The van der Waals surface area contributed by atoms with Crippen molar-refractivity contribution in [2.75, 3.05) is 39.5 Å². The maximum absolute atomic E-state index is 12.9. The van der Waals surface area contributed by atoms with Gasteiger partial charge in [0.2, 0.25) is 10.0 Å². The third-order valence-electron chi connectivity index (χ3n) is 6.40. The predicted molar refractivity (Wildman–Crippen MR) is 151 cm³/mol. The van der Waals surface area contributed by atoms with Gasteiger partial charge in [-0.05, 0) is 67.8 Å². The summed E-state index contributed by atoms with van der Waals surface area (Å²) in [4.78, 5) is 14.6. The minimum absolute atomic E-state index is 0.295. The third kappa shape index (κ3) is 7.46. The zero-order chi connectivity index (χ0) is 27.8. The molecule has 1 atom stereocenters. The molecule has 0 amide bonds. The van der Waals surface area contributed by atoms with E-state index in [4.69, 9.17) is 18.9 Å². The maximum atomic E-state index is 12.9. The maximum Gasteiger partial charge on any atom is 0.335 e. The number of aryl methyl sites for hydroxylation is 1. The van der Waals surface area contributed by atoms with Crippen LogP contribution in [0.15, 0.2) is 59.5 Å². The number of carbonyl (C=O) groups excluding carboxylic acids is 1. The molecule has 0 spiro atoms. The van der Waals surface area contributed by atoms with Crippen molar-refractivity contribution in [2.45, 2.75) is 44.8 Å². The van der Waals surface area contributed by atoms with E-state index in [0.29, 0.717) is 57.4 Å². The quantitative estimate of drug-likeness (QED) is 0.287. The number of rotatable bonds is 12. The first-order valence-corrected chi connectivity index (χ1v) is 15.3. The van der Waals surface area contributed by atoms with Crippen molar-refractivity contribution in [3.63, 3.8) is 0 Å². The van der Waals surface area contributed by atoms with E-state index < -0.39 is 16.1 Å². The first-order chi connectivity index (χ1) is 18.8. The number of thiophene rings is 1. The number of sulfonamides is 1. The normalized spacial score (nSPS) is 15.2. The van der Waals surface area contributed by atoms with E-state index in [9.17, 15) is 13.2 Å². The SMILES string of the molecule is CCOC(=O)[C@H](Cc1ccc(OCc2sc(-c3ccc(S(=O)(=O)N4CCOCC4)cc3)cc2C)cc1)OCC. The fraction of sp³-hybridized carbons (Fsp3) is 0.414. The van der Waals surface area contributed by atoms with Crippen molar-refractivity contribution in [1.29, 1.82) is 0 Å². The minimum Gasteiger partial charge on any atom is -0.488 e. The molecule has 0 radical (unpaired) electrons. The number of hydrogen-bond donors (Lipinski definition) is 0. The van der Waals surface area contributed by atoms with Gasteiger partial charge in [-0.3, -0.25) is 0 Å². The standard InChI is InChI=1S/C29H35NO7S2/c1-4-35-26(29(31)36-5-2)19-22-6-10-24(11-7-22)37-20-28-21(3)18-27(38-28)23-8-12-25(13-9-23)39(32,33)30-14-16-34-17-15-30/h6-13,18,26H,4-5,14-17,19-20H2,1-3H3/t26-/m0/s1. The lowest BCUT2D eigenvalue weighted by molar-refractivity contribution is -0.156. The first kappa shape index (κ1) is 29.2. The molecule has 1 saturated heterocycles. The van der Waals surface area contributed by atoms with Gasteiger partial charge < -0.3 is 18.9 Å². The molecule has 3 aromatic rings. The smallest absolute Gasteiger partial charge is 0.335 e. The Morgan fingerprint density at radius 1 is 1.03 bits per heavy atom. The summed E-state index contributed by atoms with van der Waals surface area (Å²) >= 11 is 1.63. The van der Waals surface area contributed by atoms with Crippen molar-refractivity contribution < 1.29 is 32.2 Å². The first-order valence-electron chi connectivity index (χ1n) is 13.1. The van der Waals surface area contributed by atoms with Crippen molar-refractivity contribution >= 4 is 27.3 Å². The Bertz CT molecular complexity index is 1330. The molecule has 1 aromatic heterocycles. The second kappa shape index (κ2) is 13.5. The van der Waals surface area contributed by atoms with Gasteiger partial charge in [0.25, 0.3) is 0 Å². The Morgan fingerprint density at radius 3 is 2.36 bits per heavy atom. The Labute approximate surface area is 234 Å². The Morgan fingerprint density at radius 2 is 1.72 bits per heavy atom. The average molecular weight is 574 g/mol. The molecule has 0 N–H and O–H groups in total. The van der Waals surface area contributed by atoms with E-state index in [1.54, 1.807) is 30.4 Å². The van der Waals surface area contributed by atoms with Crippen LogP contribution < -0.4 is 4.74 Å². The zero-order valence-corrected chi connectivity index (χ0v) is 24.2. The molecule has 0 saturated carbocycles. The highest BCUT2D eigenvalue weighted by molar-refractivity contribution is 7.89. The zero-order valence-electron chi connectivity index (χ0n) is 22.6. The second-order valence-corrected chi connectivity index (χ2v) is 12.2. The molecular weight excluding hydrogens is 538 g/mol. The summed E-state index contributed by atoms with van der Waals surface area (Å²) in [6, 6.07) is 16.8. The van der Waals surface area contributed by atoms with E-state index >= 15 is 0 Å². The van der Waals surface area contributed by atoms with Crippen LogP contribution in [0.4, 0.5) is 0 Å². The van der Waals surface area contributed by atoms with Crippen LogP contribution in [0.3, 0.4) is 0 Å². The van der Waals surface area contributed by atoms with E-state index in [1.807, 2.05) is 50.2 Å². The number of hydrogen-bond acceptors (Lipinski definition) is 8. The molecule has 1 aliphatic rings. The molecule has 0 bridgehead atoms. The molecule has 1 fully saturated rings. The van der Waals surface area contributed by atoms with Gasteiger partial charge in [0.15, 0.2) is 6.10 Å². The van der Waals surface area contributed by atoms with E-state index in [-0.39, 0.29) is 5.97 Å². The summed E-state index contributed by atoms with van der Waals surface area (Å²) < 4.78 is 49.3. The average Bonchev–Trinajstić information content (AvgIpc) is 3.33.